The molecule has 0 saturated carbocycles. The lowest BCUT2D eigenvalue weighted by atomic mass is 10.2. The largest absolute Gasteiger partial charge is 0.478 e. The molecule has 7 heteroatoms. The van der Waals surface area contributed by atoms with Gasteiger partial charge in [0, 0.05) is 11.3 Å². The number of halogens is 1. The van der Waals surface area contributed by atoms with Gasteiger partial charge in [0.2, 0.25) is 5.91 Å². The van der Waals surface area contributed by atoms with Gasteiger partial charge >= 0.3 is 5.97 Å². The van der Waals surface area contributed by atoms with Crippen LogP contribution in [0.25, 0.3) is 0 Å². The van der Waals surface area contributed by atoms with E-state index in [1.54, 1.807) is 11.8 Å². The topological polar surface area (TPSA) is 78.4 Å². The fourth-order valence-electron chi connectivity index (χ4n) is 1.50. The Kier molecular flexibility index (Phi) is 6.51. The lowest BCUT2D eigenvalue weighted by Crippen LogP contribution is -2.37. The molecule has 0 bridgehead atoms. The zero-order chi connectivity index (χ0) is 16.0. The minimum Gasteiger partial charge on any atom is -0.478 e. The summed E-state index contributed by atoms with van der Waals surface area (Å²) in [6, 6.07) is 4.18. The van der Waals surface area contributed by atoms with Crippen molar-refractivity contribution < 1.29 is 14.7 Å². The maximum Gasteiger partial charge on any atom is 0.335 e. The van der Waals surface area contributed by atoms with Crippen LogP contribution in [0.5, 0.6) is 0 Å². The van der Waals surface area contributed by atoms with E-state index in [-0.39, 0.29) is 22.8 Å². The highest BCUT2D eigenvalue weighted by atomic mass is 35.5. The molecule has 0 saturated heterocycles. The Bertz CT molecular complexity index is 535. The third-order valence-corrected chi connectivity index (χ3v) is 4.46. The van der Waals surface area contributed by atoms with Gasteiger partial charge in [-0.2, -0.15) is 11.8 Å². The van der Waals surface area contributed by atoms with Crippen LogP contribution in [0.15, 0.2) is 18.2 Å². The lowest BCUT2D eigenvalue weighted by Gasteiger charge is -2.22. The molecule has 0 unspecified atom stereocenters. The number of carbonyl (C=O) groups is 2. The van der Waals surface area contributed by atoms with E-state index < -0.39 is 5.97 Å². The Labute approximate surface area is 133 Å². The van der Waals surface area contributed by atoms with Gasteiger partial charge in [-0.05, 0) is 38.3 Å². The minimum atomic E-state index is -1.07. The molecule has 0 atom stereocenters. The maximum absolute atomic E-state index is 11.8. The van der Waals surface area contributed by atoms with E-state index in [1.165, 1.54) is 18.2 Å². The summed E-state index contributed by atoms with van der Waals surface area (Å²) in [6.07, 6.45) is 2.01. The number of thioether (sulfide) groups is 1. The van der Waals surface area contributed by atoms with Crippen molar-refractivity contribution in [3.63, 3.8) is 0 Å². The van der Waals surface area contributed by atoms with E-state index in [1.807, 2.05) is 6.26 Å². The molecule has 1 rings (SSSR count). The van der Waals surface area contributed by atoms with Crippen molar-refractivity contribution in [2.24, 2.45) is 0 Å². The summed E-state index contributed by atoms with van der Waals surface area (Å²) in [5, 5.41) is 14.9. The Morgan fingerprint density at radius 2 is 2.05 bits per heavy atom. The van der Waals surface area contributed by atoms with Gasteiger partial charge < -0.3 is 15.7 Å². The van der Waals surface area contributed by atoms with Crippen molar-refractivity contribution in [1.82, 2.24) is 5.32 Å². The monoisotopic (exact) mass is 330 g/mol. The average molecular weight is 331 g/mol. The second-order valence-corrected chi connectivity index (χ2v) is 7.04. The van der Waals surface area contributed by atoms with Crippen LogP contribution in [0.2, 0.25) is 5.02 Å². The third kappa shape index (κ3) is 5.95. The molecule has 116 valence electrons. The molecular weight excluding hydrogens is 312 g/mol. The molecule has 1 aromatic carbocycles. The first-order chi connectivity index (χ1) is 9.75. The standard InChI is InChI=1S/C14H19ClN2O3S/c1-14(2,21-3)8-16-7-12(18)17-11-6-9(13(19)20)4-5-10(11)15/h4-6,16H,7-8H2,1-3H3,(H,17,18)(H,19,20). The zero-order valence-electron chi connectivity index (χ0n) is 12.2. The summed E-state index contributed by atoms with van der Waals surface area (Å²) in [4.78, 5) is 22.7. The van der Waals surface area contributed by atoms with E-state index in [4.69, 9.17) is 16.7 Å². The predicted molar refractivity (Wildman–Crippen MR) is 87.5 cm³/mol. The summed E-state index contributed by atoms with van der Waals surface area (Å²) in [7, 11) is 0. The first kappa shape index (κ1) is 17.8. The fraction of sp³-hybridized carbons (Fsp3) is 0.429. The van der Waals surface area contributed by atoms with Gasteiger partial charge in [-0.3, -0.25) is 4.79 Å². The molecule has 1 aromatic rings. The van der Waals surface area contributed by atoms with Gasteiger partial charge in [0.25, 0.3) is 0 Å². The van der Waals surface area contributed by atoms with Crippen molar-refractivity contribution in [2.45, 2.75) is 18.6 Å². The molecule has 0 aliphatic rings. The molecule has 3 N–H and O–H groups in total. The van der Waals surface area contributed by atoms with Gasteiger partial charge in [0.15, 0.2) is 0 Å². The van der Waals surface area contributed by atoms with Crippen LogP contribution in [0, 0.1) is 0 Å². The second kappa shape index (κ2) is 7.68. The number of rotatable bonds is 7. The molecule has 0 heterocycles. The molecular formula is C14H19ClN2O3S. The summed E-state index contributed by atoms with van der Waals surface area (Å²) < 4.78 is 0.0428. The van der Waals surface area contributed by atoms with Crippen molar-refractivity contribution in [3.05, 3.63) is 28.8 Å². The molecule has 0 aromatic heterocycles. The number of hydrogen-bond donors (Lipinski definition) is 3. The van der Waals surface area contributed by atoms with Gasteiger partial charge in [-0.25, -0.2) is 4.79 Å². The van der Waals surface area contributed by atoms with Crippen molar-refractivity contribution in [2.75, 3.05) is 24.7 Å². The van der Waals surface area contributed by atoms with E-state index in [0.29, 0.717) is 17.3 Å². The number of aromatic carboxylic acids is 1. The highest BCUT2D eigenvalue weighted by Gasteiger charge is 2.16. The third-order valence-electron chi connectivity index (χ3n) is 2.88. The molecule has 1 amide bonds. The van der Waals surface area contributed by atoms with Gasteiger partial charge in [-0.1, -0.05) is 11.6 Å². The van der Waals surface area contributed by atoms with Crippen LogP contribution in [-0.2, 0) is 4.79 Å². The number of amides is 1. The van der Waals surface area contributed by atoms with Crippen LogP contribution in [-0.4, -0.2) is 41.1 Å². The van der Waals surface area contributed by atoms with E-state index in [2.05, 4.69) is 24.5 Å². The van der Waals surface area contributed by atoms with E-state index in [0.717, 1.165) is 0 Å². The van der Waals surface area contributed by atoms with Crippen LogP contribution in [0.1, 0.15) is 24.2 Å². The summed E-state index contributed by atoms with van der Waals surface area (Å²) in [5.41, 5.74) is 0.374. The number of carboxylic acid groups (broad SMARTS) is 1. The summed E-state index contributed by atoms with van der Waals surface area (Å²) in [6.45, 7) is 4.98. The molecule has 21 heavy (non-hydrogen) atoms. The Balaban J connectivity index is 2.59. The number of benzene rings is 1. The van der Waals surface area contributed by atoms with Crippen LogP contribution in [0.3, 0.4) is 0 Å². The molecule has 0 aliphatic heterocycles. The van der Waals surface area contributed by atoms with Crippen molar-refractivity contribution >= 4 is 40.9 Å². The highest BCUT2D eigenvalue weighted by Crippen LogP contribution is 2.23. The normalized spacial score (nSPS) is 11.2. The molecule has 0 radical (unpaired) electrons. The second-order valence-electron chi connectivity index (χ2n) is 5.12. The van der Waals surface area contributed by atoms with E-state index in [9.17, 15) is 9.59 Å². The zero-order valence-corrected chi connectivity index (χ0v) is 13.8. The minimum absolute atomic E-state index is 0.0428. The fourth-order valence-corrected chi connectivity index (χ4v) is 1.91. The number of anilines is 1. The molecule has 5 nitrogen and oxygen atoms in total. The number of hydrogen-bond acceptors (Lipinski definition) is 4. The SMILES string of the molecule is CSC(C)(C)CNCC(=O)Nc1cc(C(=O)O)ccc1Cl. The number of carbonyl (C=O) groups excluding carboxylic acids is 1. The highest BCUT2D eigenvalue weighted by molar-refractivity contribution is 7.99. The number of nitrogens with one attached hydrogen (secondary N) is 2. The number of carboxylic acids is 1. The van der Waals surface area contributed by atoms with Crippen LogP contribution >= 0.6 is 23.4 Å². The quantitative estimate of drug-likeness (QED) is 0.716. The summed E-state index contributed by atoms with van der Waals surface area (Å²) in [5.74, 6) is -1.33. The Hall–Kier alpha value is -1.24. The smallest absolute Gasteiger partial charge is 0.335 e. The average Bonchev–Trinajstić information content (AvgIpc) is 2.40. The Morgan fingerprint density at radius 3 is 2.62 bits per heavy atom. The van der Waals surface area contributed by atoms with Gasteiger partial charge in [0.05, 0.1) is 22.8 Å². The van der Waals surface area contributed by atoms with Crippen molar-refractivity contribution in [1.29, 1.82) is 0 Å². The first-order valence-electron chi connectivity index (χ1n) is 6.34. The van der Waals surface area contributed by atoms with Gasteiger partial charge in [-0.15, -0.1) is 0 Å². The van der Waals surface area contributed by atoms with E-state index >= 15 is 0 Å². The van der Waals surface area contributed by atoms with Crippen LogP contribution < -0.4 is 10.6 Å². The lowest BCUT2D eigenvalue weighted by molar-refractivity contribution is -0.115. The van der Waals surface area contributed by atoms with Gasteiger partial charge in [0.1, 0.15) is 0 Å². The summed E-state index contributed by atoms with van der Waals surface area (Å²) >= 11 is 7.65. The van der Waals surface area contributed by atoms with Crippen LogP contribution in [0.4, 0.5) is 5.69 Å². The first-order valence-corrected chi connectivity index (χ1v) is 7.94. The molecule has 0 spiro atoms. The molecule has 0 aliphatic carbocycles. The maximum atomic E-state index is 11.8. The predicted octanol–water partition coefficient (Wildman–Crippen LogP) is 2.71. The Morgan fingerprint density at radius 1 is 1.38 bits per heavy atom. The van der Waals surface area contributed by atoms with Crippen molar-refractivity contribution in [3.8, 4) is 0 Å². The molecule has 0 fully saturated rings.